The van der Waals surface area contributed by atoms with E-state index in [9.17, 15) is 18.0 Å². The number of amides is 2. The molecule has 0 saturated carbocycles. The topological polar surface area (TPSA) is 96.0 Å². The van der Waals surface area contributed by atoms with Gasteiger partial charge in [0.2, 0.25) is 11.8 Å². The number of ether oxygens (including phenoxy) is 1. The Labute approximate surface area is 248 Å². The third kappa shape index (κ3) is 8.24. The number of hydrogen-bond acceptors (Lipinski definition) is 5. The van der Waals surface area contributed by atoms with Gasteiger partial charge in [0.15, 0.2) is 0 Å². The second-order valence-electron chi connectivity index (χ2n) is 10.5. The van der Waals surface area contributed by atoms with Crippen LogP contribution in [-0.2, 0) is 26.2 Å². The molecule has 0 aromatic heterocycles. The van der Waals surface area contributed by atoms with Crippen molar-refractivity contribution >= 4 is 39.1 Å². The average molecular weight is 600 g/mol. The Bertz CT molecular complexity index is 1480. The van der Waals surface area contributed by atoms with Crippen LogP contribution in [0.4, 0.5) is 5.69 Å². The van der Waals surface area contributed by atoms with Crippen LogP contribution in [0, 0.1) is 19.8 Å². The maximum Gasteiger partial charge on any atom is 0.264 e. The van der Waals surface area contributed by atoms with Gasteiger partial charge in [-0.15, -0.1) is 0 Å². The van der Waals surface area contributed by atoms with Crippen LogP contribution in [-0.4, -0.2) is 51.4 Å². The van der Waals surface area contributed by atoms with Gasteiger partial charge in [0.1, 0.15) is 18.3 Å². The number of benzene rings is 3. The van der Waals surface area contributed by atoms with Crippen molar-refractivity contribution in [3.8, 4) is 5.75 Å². The lowest BCUT2D eigenvalue weighted by molar-refractivity contribution is -0.139. The number of rotatable bonds is 12. The Morgan fingerprint density at radius 1 is 0.951 bits per heavy atom. The fourth-order valence-electron chi connectivity index (χ4n) is 4.25. The standard InChI is InChI=1S/C31H38ClN3O5S/c1-21(2)18-33-31(37)24(5)34(19-25-9-7-8-23(4)16-25)30(36)20-35(28-17-26(32)12-15-29(28)40-6)41(38,39)27-13-10-22(3)11-14-27/h7-17,21,24H,18-20H2,1-6H3,(H,33,37). The van der Waals surface area contributed by atoms with E-state index in [0.717, 1.165) is 21.0 Å². The zero-order valence-corrected chi connectivity index (χ0v) is 25.9. The Kier molecular flexibility index (Phi) is 10.8. The SMILES string of the molecule is COc1ccc(Cl)cc1N(CC(=O)N(Cc1cccc(C)c1)C(C)C(=O)NCC(C)C)S(=O)(=O)c1ccc(C)cc1. The van der Waals surface area contributed by atoms with Crippen LogP contribution in [0.2, 0.25) is 5.02 Å². The van der Waals surface area contributed by atoms with E-state index < -0.39 is 28.5 Å². The molecule has 0 spiro atoms. The Hall–Kier alpha value is -3.56. The predicted molar refractivity (Wildman–Crippen MR) is 163 cm³/mol. The van der Waals surface area contributed by atoms with Crippen molar-refractivity contribution in [2.75, 3.05) is 24.5 Å². The highest BCUT2D eigenvalue weighted by molar-refractivity contribution is 7.92. The molecule has 8 nitrogen and oxygen atoms in total. The van der Waals surface area contributed by atoms with Crippen molar-refractivity contribution in [1.29, 1.82) is 0 Å². The normalized spacial score (nSPS) is 12.1. The molecule has 1 N–H and O–H groups in total. The van der Waals surface area contributed by atoms with Crippen LogP contribution in [0.1, 0.15) is 37.5 Å². The van der Waals surface area contributed by atoms with E-state index in [-0.39, 0.29) is 39.7 Å². The number of halogens is 1. The minimum atomic E-state index is -4.25. The molecule has 3 rings (SSSR count). The van der Waals surface area contributed by atoms with Gasteiger partial charge >= 0.3 is 0 Å². The molecule has 0 aliphatic heterocycles. The molecule has 41 heavy (non-hydrogen) atoms. The van der Waals surface area contributed by atoms with Gasteiger partial charge in [-0.3, -0.25) is 13.9 Å². The lowest BCUT2D eigenvalue weighted by Crippen LogP contribution is -2.51. The maximum atomic E-state index is 14.1. The number of sulfonamides is 1. The summed E-state index contributed by atoms with van der Waals surface area (Å²) in [4.78, 5) is 28.6. The van der Waals surface area contributed by atoms with E-state index in [1.54, 1.807) is 31.2 Å². The molecule has 0 bridgehead atoms. The van der Waals surface area contributed by atoms with Gasteiger partial charge in [-0.2, -0.15) is 0 Å². The number of aryl methyl sites for hydroxylation is 2. The van der Waals surface area contributed by atoms with E-state index >= 15 is 0 Å². The lowest BCUT2D eigenvalue weighted by Gasteiger charge is -2.32. The Morgan fingerprint density at radius 2 is 1.63 bits per heavy atom. The van der Waals surface area contributed by atoms with E-state index in [1.807, 2.05) is 52.0 Å². The molecule has 3 aromatic carbocycles. The number of carbonyl (C=O) groups is 2. The van der Waals surface area contributed by atoms with Gasteiger partial charge in [0, 0.05) is 18.1 Å². The summed E-state index contributed by atoms with van der Waals surface area (Å²) in [7, 11) is -2.84. The van der Waals surface area contributed by atoms with E-state index in [1.165, 1.54) is 30.2 Å². The molecule has 10 heteroatoms. The first-order valence-electron chi connectivity index (χ1n) is 13.4. The largest absolute Gasteiger partial charge is 0.495 e. The first-order valence-corrected chi connectivity index (χ1v) is 15.2. The number of methoxy groups -OCH3 is 1. The molecule has 0 fully saturated rings. The molecule has 220 valence electrons. The van der Waals surface area contributed by atoms with Crippen LogP contribution >= 0.6 is 11.6 Å². The molecule has 0 heterocycles. The van der Waals surface area contributed by atoms with Crippen LogP contribution in [0.5, 0.6) is 5.75 Å². The first kappa shape index (κ1) is 32.0. The van der Waals surface area contributed by atoms with Crippen molar-refractivity contribution in [3.05, 3.63) is 88.4 Å². The minimum Gasteiger partial charge on any atom is -0.495 e. The fourth-order valence-corrected chi connectivity index (χ4v) is 5.83. The first-order chi connectivity index (χ1) is 19.3. The van der Waals surface area contributed by atoms with Crippen LogP contribution < -0.4 is 14.4 Å². The highest BCUT2D eigenvalue weighted by atomic mass is 35.5. The van der Waals surface area contributed by atoms with E-state index in [2.05, 4.69) is 5.32 Å². The van der Waals surface area contributed by atoms with Gasteiger partial charge in [-0.1, -0.05) is 73.0 Å². The lowest BCUT2D eigenvalue weighted by atomic mass is 10.1. The van der Waals surface area contributed by atoms with E-state index in [4.69, 9.17) is 16.3 Å². The highest BCUT2D eigenvalue weighted by Crippen LogP contribution is 2.35. The van der Waals surface area contributed by atoms with Crippen molar-refractivity contribution in [2.24, 2.45) is 5.92 Å². The van der Waals surface area contributed by atoms with Gasteiger partial charge in [-0.05, 0) is 62.6 Å². The molecule has 3 aromatic rings. The van der Waals surface area contributed by atoms with Crippen molar-refractivity contribution in [2.45, 2.75) is 52.1 Å². The summed E-state index contributed by atoms with van der Waals surface area (Å²) in [6, 6.07) is 17.7. The summed E-state index contributed by atoms with van der Waals surface area (Å²) < 4.78 is 34.5. The zero-order chi connectivity index (χ0) is 30.3. The third-order valence-corrected chi connectivity index (χ3v) is 8.59. The van der Waals surface area contributed by atoms with Crippen LogP contribution in [0.25, 0.3) is 0 Å². The van der Waals surface area contributed by atoms with E-state index in [0.29, 0.717) is 6.54 Å². The molecule has 2 amide bonds. The fraction of sp³-hybridized carbons (Fsp3) is 0.355. The van der Waals surface area contributed by atoms with Crippen molar-refractivity contribution in [1.82, 2.24) is 10.2 Å². The quantitative estimate of drug-likeness (QED) is 0.303. The average Bonchev–Trinajstić information content (AvgIpc) is 2.93. The number of nitrogens with zero attached hydrogens (tertiary/aromatic N) is 2. The zero-order valence-electron chi connectivity index (χ0n) is 24.3. The number of anilines is 1. The number of hydrogen-bond donors (Lipinski definition) is 1. The molecular formula is C31H38ClN3O5S. The highest BCUT2D eigenvalue weighted by Gasteiger charge is 2.34. The van der Waals surface area contributed by atoms with Gasteiger partial charge in [0.05, 0.1) is 17.7 Å². The monoisotopic (exact) mass is 599 g/mol. The van der Waals surface area contributed by atoms with Gasteiger partial charge in [0.25, 0.3) is 10.0 Å². The molecule has 0 saturated heterocycles. The summed E-state index contributed by atoms with van der Waals surface area (Å²) >= 11 is 6.28. The second-order valence-corrected chi connectivity index (χ2v) is 12.8. The Balaban J connectivity index is 2.08. The summed E-state index contributed by atoms with van der Waals surface area (Å²) in [6.45, 7) is 9.37. The summed E-state index contributed by atoms with van der Waals surface area (Å²) in [6.07, 6.45) is 0. The van der Waals surface area contributed by atoms with Crippen molar-refractivity contribution < 1.29 is 22.7 Å². The van der Waals surface area contributed by atoms with Gasteiger partial charge in [-0.25, -0.2) is 8.42 Å². The van der Waals surface area contributed by atoms with Crippen LogP contribution in [0.15, 0.2) is 71.6 Å². The van der Waals surface area contributed by atoms with Crippen LogP contribution in [0.3, 0.4) is 0 Å². The molecule has 1 atom stereocenters. The maximum absolute atomic E-state index is 14.1. The minimum absolute atomic E-state index is 0.00545. The molecular weight excluding hydrogens is 562 g/mol. The smallest absolute Gasteiger partial charge is 0.264 e. The second kappa shape index (κ2) is 13.9. The summed E-state index contributed by atoms with van der Waals surface area (Å²) in [5.41, 5.74) is 2.81. The number of nitrogens with one attached hydrogen (secondary N) is 1. The molecule has 0 radical (unpaired) electrons. The Morgan fingerprint density at radius 3 is 2.24 bits per heavy atom. The number of carbonyl (C=O) groups excluding carboxylic acids is 2. The van der Waals surface area contributed by atoms with Crippen molar-refractivity contribution in [3.63, 3.8) is 0 Å². The predicted octanol–water partition coefficient (Wildman–Crippen LogP) is 5.35. The molecule has 1 unspecified atom stereocenters. The molecule has 0 aliphatic rings. The van der Waals surface area contributed by atoms with Gasteiger partial charge < -0.3 is 15.0 Å². The third-order valence-electron chi connectivity index (χ3n) is 6.58. The molecule has 0 aliphatic carbocycles. The summed E-state index contributed by atoms with van der Waals surface area (Å²) in [5.74, 6) is -0.437. The summed E-state index contributed by atoms with van der Waals surface area (Å²) in [5, 5.41) is 3.16.